The van der Waals surface area contributed by atoms with Gasteiger partial charge in [0, 0.05) is 5.33 Å². The average Bonchev–Trinajstić information content (AvgIpc) is 2.28. The standard InChI is InChI=1S/C11H13BrO3/c12-7-4-8-14-11(13)15-9-10-5-2-1-3-6-10/h1-3,5-6H,4,7-9H2. The summed E-state index contributed by atoms with van der Waals surface area (Å²) in [4.78, 5) is 11.0. The highest BCUT2D eigenvalue weighted by molar-refractivity contribution is 9.09. The van der Waals surface area contributed by atoms with E-state index in [1.54, 1.807) is 0 Å². The van der Waals surface area contributed by atoms with Crippen LogP contribution >= 0.6 is 15.9 Å². The van der Waals surface area contributed by atoms with Crippen LogP contribution in [0.3, 0.4) is 0 Å². The van der Waals surface area contributed by atoms with E-state index in [2.05, 4.69) is 15.9 Å². The number of benzene rings is 1. The number of ether oxygens (including phenoxy) is 2. The highest BCUT2D eigenvalue weighted by atomic mass is 79.9. The highest BCUT2D eigenvalue weighted by Crippen LogP contribution is 2.01. The van der Waals surface area contributed by atoms with Crippen LogP contribution in [-0.2, 0) is 16.1 Å². The Morgan fingerprint density at radius 3 is 2.60 bits per heavy atom. The molecule has 0 N–H and O–H groups in total. The van der Waals surface area contributed by atoms with Crippen LogP contribution in [0.15, 0.2) is 30.3 Å². The minimum atomic E-state index is -0.611. The van der Waals surface area contributed by atoms with Gasteiger partial charge in [-0.05, 0) is 12.0 Å². The summed E-state index contributed by atoms with van der Waals surface area (Å²) in [6, 6.07) is 9.50. The van der Waals surface area contributed by atoms with E-state index >= 15 is 0 Å². The van der Waals surface area contributed by atoms with Crippen LogP contribution in [0.4, 0.5) is 4.79 Å². The van der Waals surface area contributed by atoms with E-state index in [-0.39, 0.29) is 6.61 Å². The van der Waals surface area contributed by atoms with E-state index in [9.17, 15) is 4.79 Å². The molecule has 0 spiro atoms. The summed E-state index contributed by atoms with van der Waals surface area (Å²) >= 11 is 3.24. The summed E-state index contributed by atoms with van der Waals surface area (Å²) in [7, 11) is 0. The monoisotopic (exact) mass is 272 g/mol. The predicted molar refractivity (Wildman–Crippen MR) is 61.0 cm³/mol. The van der Waals surface area contributed by atoms with Crippen LogP contribution in [0.25, 0.3) is 0 Å². The Hall–Kier alpha value is -1.03. The first-order valence-corrected chi connectivity index (χ1v) is 5.84. The summed E-state index contributed by atoms with van der Waals surface area (Å²) in [5, 5.41) is 0.818. The molecule has 15 heavy (non-hydrogen) atoms. The molecule has 0 aliphatic rings. The molecule has 3 nitrogen and oxygen atoms in total. The van der Waals surface area contributed by atoms with Crippen molar-refractivity contribution in [3.8, 4) is 0 Å². The molecule has 0 aliphatic carbocycles. The lowest BCUT2D eigenvalue weighted by Crippen LogP contribution is -2.08. The van der Waals surface area contributed by atoms with Gasteiger partial charge in [0.1, 0.15) is 6.61 Å². The molecule has 1 rings (SSSR count). The average molecular weight is 273 g/mol. The van der Waals surface area contributed by atoms with Gasteiger partial charge in [-0.15, -0.1) is 0 Å². The topological polar surface area (TPSA) is 35.5 Å². The van der Waals surface area contributed by atoms with Gasteiger partial charge in [0.25, 0.3) is 0 Å². The maximum Gasteiger partial charge on any atom is 0.508 e. The van der Waals surface area contributed by atoms with Crippen molar-refractivity contribution < 1.29 is 14.3 Å². The van der Waals surface area contributed by atoms with Crippen LogP contribution in [0.1, 0.15) is 12.0 Å². The second kappa shape index (κ2) is 7.29. The Morgan fingerprint density at radius 1 is 1.20 bits per heavy atom. The molecule has 0 saturated carbocycles. The molecule has 0 amide bonds. The third kappa shape index (κ3) is 5.42. The molecule has 0 aliphatic heterocycles. The summed E-state index contributed by atoms with van der Waals surface area (Å²) in [5.74, 6) is 0. The molecule has 0 bridgehead atoms. The van der Waals surface area contributed by atoms with Crippen molar-refractivity contribution in [3.63, 3.8) is 0 Å². The van der Waals surface area contributed by atoms with Crippen molar-refractivity contribution in [2.24, 2.45) is 0 Å². The maximum atomic E-state index is 11.0. The normalized spacial score (nSPS) is 9.67. The van der Waals surface area contributed by atoms with Gasteiger partial charge in [0.15, 0.2) is 0 Å². The van der Waals surface area contributed by atoms with Crippen molar-refractivity contribution in [3.05, 3.63) is 35.9 Å². The fourth-order valence-electron chi connectivity index (χ4n) is 0.968. The number of alkyl halides is 1. The van der Waals surface area contributed by atoms with Gasteiger partial charge in [-0.1, -0.05) is 46.3 Å². The summed E-state index contributed by atoms with van der Waals surface area (Å²) in [6.45, 7) is 0.646. The molecular weight excluding hydrogens is 260 g/mol. The first kappa shape index (κ1) is 12.0. The van der Waals surface area contributed by atoms with Gasteiger partial charge in [0.2, 0.25) is 0 Å². The molecule has 0 heterocycles. The number of rotatable bonds is 5. The molecule has 0 atom stereocenters. The summed E-state index contributed by atoms with van der Waals surface area (Å²) in [6.07, 6.45) is 0.181. The van der Waals surface area contributed by atoms with Gasteiger partial charge in [-0.2, -0.15) is 0 Å². The first-order valence-electron chi connectivity index (χ1n) is 4.72. The zero-order chi connectivity index (χ0) is 10.9. The van der Waals surface area contributed by atoms with Gasteiger partial charge in [-0.3, -0.25) is 0 Å². The Kier molecular flexibility index (Phi) is 5.85. The minimum Gasteiger partial charge on any atom is -0.434 e. The molecule has 0 saturated heterocycles. The Morgan fingerprint density at radius 2 is 1.93 bits per heavy atom. The number of hydrogen-bond acceptors (Lipinski definition) is 3. The quantitative estimate of drug-likeness (QED) is 0.469. The third-order valence-corrected chi connectivity index (χ3v) is 2.26. The van der Waals surface area contributed by atoms with Crippen molar-refractivity contribution in [1.82, 2.24) is 0 Å². The van der Waals surface area contributed by atoms with E-state index in [4.69, 9.17) is 9.47 Å². The van der Waals surface area contributed by atoms with Crippen molar-refractivity contribution in [2.45, 2.75) is 13.0 Å². The van der Waals surface area contributed by atoms with Crippen LogP contribution in [0.2, 0.25) is 0 Å². The highest BCUT2D eigenvalue weighted by Gasteiger charge is 2.02. The lowest BCUT2D eigenvalue weighted by molar-refractivity contribution is 0.0502. The van der Waals surface area contributed by atoms with Crippen LogP contribution in [0, 0.1) is 0 Å². The van der Waals surface area contributed by atoms with Gasteiger partial charge >= 0.3 is 6.16 Å². The fraction of sp³-hybridized carbons (Fsp3) is 0.364. The van der Waals surface area contributed by atoms with Gasteiger partial charge in [-0.25, -0.2) is 4.79 Å². The first-order chi connectivity index (χ1) is 7.33. The predicted octanol–water partition coefficient (Wildman–Crippen LogP) is 3.12. The Balaban J connectivity index is 2.17. The molecular formula is C11H13BrO3. The molecule has 4 heteroatoms. The fourth-order valence-corrected chi connectivity index (χ4v) is 1.20. The van der Waals surface area contributed by atoms with E-state index in [1.807, 2.05) is 30.3 Å². The second-order valence-corrected chi connectivity index (χ2v) is 3.71. The summed E-state index contributed by atoms with van der Waals surface area (Å²) < 4.78 is 9.71. The minimum absolute atomic E-state index is 0.258. The van der Waals surface area contributed by atoms with Crippen molar-refractivity contribution >= 4 is 22.1 Å². The zero-order valence-electron chi connectivity index (χ0n) is 8.32. The molecule has 1 aromatic rings. The zero-order valence-corrected chi connectivity index (χ0v) is 9.90. The van der Waals surface area contributed by atoms with Crippen LogP contribution in [0.5, 0.6) is 0 Å². The molecule has 82 valence electrons. The third-order valence-electron chi connectivity index (χ3n) is 1.70. The second-order valence-electron chi connectivity index (χ2n) is 2.92. The molecule has 0 fully saturated rings. The van der Waals surface area contributed by atoms with Crippen LogP contribution in [-0.4, -0.2) is 18.1 Å². The van der Waals surface area contributed by atoms with E-state index in [0.29, 0.717) is 6.61 Å². The molecule has 0 aromatic heterocycles. The van der Waals surface area contributed by atoms with Crippen molar-refractivity contribution in [1.29, 1.82) is 0 Å². The lowest BCUT2D eigenvalue weighted by atomic mass is 10.2. The number of hydrogen-bond donors (Lipinski definition) is 0. The van der Waals surface area contributed by atoms with Gasteiger partial charge in [0.05, 0.1) is 6.61 Å². The van der Waals surface area contributed by atoms with E-state index < -0.39 is 6.16 Å². The van der Waals surface area contributed by atoms with Crippen molar-refractivity contribution in [2.75, 3.05) is 11.9 Å². The Labute approximate surface area is 97.5 Å². The summed E-state index contributed by atoms with van der Waals surface area (Å²) in [5.41, 5.74) is 0.954. The largest absolute Gasteiger partial charge is 0.508 e. The maximum absolute atomic E-state index is 11.0. The number of carbonyl (C=O) groups excluding carboxylic acids is 1. The SMILES string of the molecule is O=C(OCCCBr)OCc1ccccc1. The van der Waals surface area contributed by atoms with E-state index in [1.165, 1.54) is 0 Å². The lowest BCUT2D eigenvalue weighted by Gasteiger charge is -2.05. The number of halogens is 1. The molecule has 0 radical (unpaired) electrons. The van der Waals surface area contributed by atoms with Crippen LogP contribution < -0.4 is 0 Å². The molecule has 1 aromatic carbocycles. The Bertz CT molecular complexity index is 287. The number of carbonyl (C=O) groups is 1. The van der Waals surface area contributed by atoms with Gasteiger partial charge < -0.3 is 9.47 Å². The molecule has 0 unspecified atom stereocenters. The smallest absolute Gasteiger partial charge is 0.434 e. The van der Waals surface area contributed by atoms with E-state index in [0.717, 1.165) is 17.3 Å².